The number of aliphatic carboxylic acids is 1. The summed E-state index contributed by atoms with van der Waals surface area (Å²) in [6, 6.07) is 0. The summed E-state index contributed by atoms with van der Waals surface area (Å²) < 4.78 is 31.7. The molecule has 0 aromatic heterocycles. The van der Waals surface area contributed by atoms with Crippen LogP contribution in [0.25, 0.3) is 0 Å². The molecule has 0 aromatic carbocycles. The van der Waals surface area contributed by atoms with Crippen LogP contribution in [0.2, 0.25) is 0 Å². The molecular weight excluding hydrogens is 193 g/mol. The summed E-state index contributed by atoms with van der Waals surface area (Å²) in [6.07, 6.45) is -5.08. The average Bonchev–Trinajstić information content (AvgIpc) is 1.59. The molecule has 0 rings (SSSR count). The predicted molar refractivity (Wildman–Crippen MR) is 19.4 cm³/mol. The third kappa shape index (κ3) is 38.2. The zero-order valence-electron chi connectivity index (χ0n) is 7.79. The first kappa shape index (κ1) is 29.4. The number of carboxylic acid groups (broad SMARTS) is 1. The minimum Gasteiger partial charge on any atom is -0.907 e. The van der Waals surface area contributed by atoms with Gasteiger partial charge in [-0.25, -0.2) is 4.79 Å². The zero-order chi connectivity index (χ0) is 9.65. The average molecular weight is 194 g/mol. The van der Waals surface area contributed by atoms with Gasteiger partial charge in [0.25, 0.3) is 0 Å². The standard InChI is InChI=1S/C2HF3O2.BO3.3Li/c3-2(4,5)1(6)7;2-1(3)4;;;/h(H,6,7);;;;/q;-3;3*+1. The van der Waals surface area contributed by atoms with E-state index in [-0.39, 0.29) is 56.6 Å². The smallest absolute Gasteiger partial charge is 0.907 e. The number of hydrogen-bond donors (Lipinski definition) is 1. The Hall–Kier alpha value is 0.997. The van der Waals surface area contributed by atoms with Crippen LogP contribution >= 0.6 is 0 Å². The SMILES string of the molecule is O=C(O)C(F)(F)F.[Li+].[Li+].[Li+].[O-]B([O-])[O-]. The van der Waals surface area contributed by atoms with Crippen LogP contribution in [0, 0.1) is 0 Å². The molecule has 0 radical (unpaired) electrons. The van der Waals surface area contributed by atoms with Gasteiger partial charge in [0, 0.05) is 0 Å². The fourth-order valence-corrected chi connectivity index (χ4v) is 0. The second-order valence-corrected chi connectivity index (χ2v) is 1.09. The molecule has 0 amide bonds. The van der Waals surface area contributed by atoms with Crippen LogP contribution in [0.5, 0.6) is 0 Å². The molecule has 1 N–H and O–H groups in total. The van der Waals surface area contributed by atoms with Crippen molar-refractivity contribution in [2.75, 3.05) is 0 Å². The van der Waals surface area contributed by atoms with Crippen LogP contribution in [0.3, 0.4) is 0 Å². The van der Waals surface area contributed by atoms with Gasteiger partial charge in [-0.3, -0.25) is 7.32 Å². The Balaban J connectivity index is -0.0000000347. The van der Waals surface area contributed by atoms with Crippen molar-refractivity contribution in [3.8, 4) is 0 Å². The fraction of sp³-hybridized carbons (Fsp3) is 0.500. The van der Waals surface area contributed by atoms with Crippen molar-refractivity contribution in [3.05, 3.63) is 0 Å². The number of hydrogen-bond acceptors (Lipinski definition) is 4. The zero-order valence-corrected chi connectivity index (χ0v) is 7.79. The summed E-state index contributed by atoms with van der Waals surface area (Å²) in [7, 11) is -2.92. The van der Waals surface area contributed by atoms with Crippen molar-refractivity contribution in [2.45, 2.75) is 6.18 Å². The Morgan fingerprint density at radius 2 is 1.14 bits per heavy atom. The first-order chi connectivity index (χ1) is 4.68. The van der Waals surface area contributed by atoms with Crippen LogP contribution in [0.4, 0.5) is 13.2 Å². The summed E-state index contributed by atoms with van der Waals surface area (Å²) in [5.74, 6) is -2.76. The van der Waals surface area contributed by atoms with Crippen LogP contribution in [0.15, 0.2) is 0 Å². The second kappa shape index (κ2) is 14.0. The maximum atomic E-state index is 10.6. The molecule has 0 atom stereocenters. The van der Waals surface area contributed by atoms with Gasteiger partial charge in [0.2, 0.25) is 0 Å². The van der Waals surface area contributed by atoms with E-state index in [9.17, 15) is 13.2 Å². The van der Waals surface area contributed by atoms with Gasteiger partial charge in [-0.15, -0.1) is 0 Å². The first-order valence-electron chi connectivity index (χ1n) is 1.95. The molecule has 0 heterocycles. The monoisotopic (exact) mass is 194 g/mol. The van der Waals surface area contributed by atoms with Gasteiger partial charge in [0.05, 0.1) is 0 Å². The normalized spacial score (nSPS) is 7.57. The number of alkyl halides is 3. The number of rotatable bonds is 0. The van der Waals surface area contributed by atoms with Crippen molar-refractivity contribution in [1.29, 1.82) is 0 Å². The van der Waals surface area contributed by atoms with Crippen molar-refractivity contribution in [1.82, 2.24) is 0 Å². The third-order valence-corrected chi connectivity index (χ3v) is 0.243. The minimum absolute atomic E-state index is 0. The third-order valence-electron chi connectivity index (χ3n) is 0.243. The summed E-state index contributed by atoms with van der Waals surface area (Å²) >= 11 is 0. The fourth-order valence-electron chi connectivity index (χ4n) is 0. The van der Waals surface area contributed by atoms with E-state index in [1.807, 2.05) is 0 Å². The quantitative estimate of drug-likeness (QED) is 0.385. The Kier molecular flexibility index (Phi) is 29.4. The van der Waals surface area contributed by atoms with Crippen molar-refractivity contribution in [2.24, 2.45) is 0 Å². The van der Waals surface area contributed by atoms with Crippen LogP contribution in [-0.2, 0) is 4.79 Å². The molecule has 0 bridgehead atoms. The van der Waals surface area contributed by atoms with Crippen molar-refractivity contribution in [3.63, 3.8) is 0 Å². The van der Waals surface area contributed by atoms with Gasteiger partial charge < -0.3 is 20.2 Å². The molecule has 0 fully saturated rings. The van der Waals surface area contributed by atoms with Crippen molar-refractivity contribution >= 4 is 13.3 Å². The Morgan fingerprint density at radius 3 is 1.14 bits per heavy atom. The Labute approximate surface area is 114 Å². The molecule has 0 aliphatic heterocycles. The molecule has 0 aromatic rings. The summed E-state index contributed by atoms with van der Waals surface area (Å²) in [5.41, 5.74) is 0. The van der Waals surface area contributed by atoms with E-state index >= 15 is 0 Å². The van der Waals surface area contributed by atoms with Crippen LogP contribution in [-0.4, -0.2) is 24.6 Å². The van der Waals surface area contributed by atoms with Crippen LogP contribution < -0.4 is 71.7 Å². The van der Waals surface area contributed by atoms with Crippen LogP contribution in [0.1, 0.15) is 0 Å². The molecule has 12 heteroatoms. The Bertz CT molecular complexity index is 129. The molecule has 14 heavy (non-hydrogen) atoms. The summed E-state index contributed by atoms with van der Waals surface area (Å²) in [5, 5.41) is 32.4. The van der Waals surface area contributed by atoms with E-state index in [1.165, 1.54) is 0 Å². The Morgan fingerprint density at radius 1 is 1.07 bits per heavy atom. The maximum Gasteiger partial charge on any atom is 1.00 e. The van der Waals surface area contributed by atoms with Gasteiger partial charge in [0.15, 0.2) is 0 Å². The van der Waals surface area contributed by atoms with E-state index in [2.05, 4.69) is 0 Å². The van der Waals surface area contributed by atoms with Gasteiger partial charge in [-0.1, -0.05) is 0 Å². The molecule has 5 nitrogen and oxygen atoms in total. The topological polar surface area (TPSA) is 106 Å². The van der Waals surface area contributed by atoms with Gasteiger partial charge in [-0.05, 0) is 0 Å². The molecule has 0 spiro atoms. The molecule has 0 saturated heterocycles. The van der Waals surface area contributed by atoms with E-state index in [1.54, 1.807) is 0 Å². The largest absolute Gasteiger partial charge is 1.00 e. The van der Waals surface area contributed by atoms with E-state index in [0.29, 0.717) is 0 Å². The molecule has 66 valence electrons. The maximum absolute atomic E-state index is 10.6. The first-order valence-corrected chi connectivity index (χ1v) is 1.95. The van der Waals surface area contributed by atoms with Crippen molar-refractivity contribution < 1.29 is 94.7 Å². The minimum atomic E-state index is -5.08. The molecule has 0 unspecified atom stereocenters. The number of carboxylic acids is 1. The molecule has 0 aliphatic rings. The molecular formula is C2HBF3Li3O5. The second-order valence-electron chi connectivity index (χ2n) is 1.09. The molecule has 0 saturated carbocycles. The summed E-state index contributed by atoms with van der Waals surface area (Å²) in [6.45, 7) is 0. The van der Waals surface area contributed by atoms with Gasteiger partial charge >= 0.3 is 68.7 Å². The summed E-state index contributed by atoms with van der Waals surface area (Å²) in [4.78, 5) is 8.90. The molecule has 0 aliphatic carbocycles. The number of carbonyl (C=O) groups is 1. The van der Waals surface area contributed by atoms with E-state index in [4.69, 9.17) is 25.0 Å². The number of halogens is 3. The van der Waals surface area contributed by atoms with E-state index in [0.717, 1.165) is 0 Å². The van der Waals surface area contributed by atoms with E-state index < -0.39 is 19.5 Å². The van der Waals surface area contributed by atoms with Gasteiger partial charge in [0.1, 0.15) is 0 Å². The predicted octanol–water partition coefficient (Wildman–Crippen LogP) is -12.3. The van der Waals surface area contributed by atoms with Gasteiger partial charge in [-0.2, -0.15) is 13.2 Å².